The van der Waals surface area contributed by atoms with Gasteiger partial charge in [-0.1, -0.05) is 60.1 Å². The Morgan fingerprint density at radius 3 is 2.43 bits per heavy atom. The van der Waals surface area contributed by atoms with Crippen LogP contribution in [0.2, 0.25) is 5.02 Å². The van der Waals surface area contributed by atoms with Crippen LogP contribution < -0.4 is 15.0 Å². The van der Waals surface area contributed by atoms with Crippen molar-refractivity contribution in [1.29, 1.82) is 0 Å². The molecule has 5 rings (SSSR count). The van der Waals surface area contributed by atoms with Crippen molar-refractivity contribution in [3.8, 4) is 5.75 Å². The van der Waals surface area contributed by atoms with E-state index in [1.807, 2.05) is 65.2 Å². The Bertz CT molecular complexity index is 1400. The molecular weight excluding hydrogens is 490 g/mol. The molecule has 2 N–H and O–H groups in total. The van der Waals surface area contributed by atoms with Gasteiger partial charge in [0.15, 0.2) is 6.61 Å². The molecule has 1 aliphatic rings. The van der Waals surface area contributed by atoms with Crippen molar-refractivity contribution < 1.29 is 19.4 Å². The van der Waals surface area contributed by atoms with Crippen LogP contribution >= 0.6 is 11.6 Å². The molecule has 0 radical (unpaired) electrons. The molecule has 188 valence electrons. The zero-order valence-corrected chi connectivity index (χ0v) is 20.8. The number of fused-ring (bicyclic) bond motifs is 2. The van der Waals surface area contributed by atoms with Crippen LogP contribution in [-0.4, -0.2) is 34.6 Å². The van der Waals surface area contributed by atoms with Gasteiger partial charge in [0.2, 0.25) is 0 Å². The van der Waals surface area contributed by atoms with Crippen molar-refractivity contribution in [2.45, 2.75) is 19.2 Å². The third kappa shape index (κ3) is 5.53. The second kappa shape index (κ2) is 10.9. The summed E-state index contributed by atoms with van der Waals surface area (Å²) >= 11 is 5.93. The quantitative estimate of drug-likeness (QED) is 0.377. The van der Waals surface area contributed by atoms with Crippen molar-refractivity contribution in [2.75, 3.05) is 18.1 Å². The van der Waals surface area contributed by atoms with E-state index in [0.29, 0.717) is 29.6 Å². The number of hydrogen-bond acceptors (Lipinski definition) is 4. The lowest BCUT2D eigenvalue weighted by Gasteiger charge is -2.22. The number of para-hydroxylation sites is 1. The highest BCUT2D eigenvalue weighted by Crippen LogP contribution is 2.29. The van der Waals surface area contributed by atoms with Crippen molar-refractivity contribution in [2.24, 2.45) is 0 Å². The predicted octanol–water partition coefficient (Wildman–Crippen LogP) is 4.58. The number of anilines is 1. The third-order valence-electron chi connectivity index (χ3n) is 6.35. The first-order valence-corrected chi connectivity index (χ1v) is 12.3. The molecule has 0 saturated carbocycles. The van der Waals surface area contributed by atoms with E-state index < -0.39 is 6.10 Å². The number of nitrogens with zero attached hydrogens (tertiary/aromatic N) is 2. The molecule has 2 amide bonds. The molecule has 0 aliphatic carbocycles. The molecule has 0 saturated heterocycles. The lowest BCUT2D eigenvalue weighted by Crippen LogP contribution is -2.34. The lowest BCUT2D eigenvalue weighted by atomic mass is 10.1. The molecule has 0 fully saturated rings. The fourth-order valence-electron chi connectivity index (χ4n) is 4.41. The summed E-state index contributed by atoms with van der Waals surface area (Å²) in [4.78, 5) is 28.0. The Morgan fingerprint density at radius 1 is 0.919 bits per heavy atom. The van der Waals surface area contributed by atoms with Crippen molar-refractivity contribution >= 4 is 29.1 Å². The van der Waals surface area contributed by atoms with Gasteiger partial charge in [0.1, 0.15) is 11.4 Å². The molecular formula is C29H26ClN3O4. The Balaban J connectivity index is 1.33. The van der Waals surface area contributed by atoms with Gasteiger partial charge in [0.05, 0.1) is 19.2 Å². The summed E-state index contributed by atoms with van der Waals surface area (Å²) in [6, 6.07) is 27.3. The molecule has 0 bridgehead atoms. The van der Waals surface area contributed by atoms with Gasteiger partial charge < -0.3 is 24.6 Å². The highest BCUT2D eigenvalue weighted by atomic mass is 35.5. The second-order valence-corrected chi connectivity index (χ2v) is 9.22. The SMILES string of the molecule is O=C(NCC(O)c1ccccc1)c1ccc2n1Cc1ccccc1N(C(=O)COc1ccc(Cl)cc1)C2. The third-order valence-corrected chi connectivity index (χ3v) is 6.60. The average Bonchev–Trinajstić information content (AvgIpc) is 3.24. The summed E-state index contributed by atoms with van der Waals surface area (Å²) in [5.74, 6) is 0.0690. The first kappa shape index (κ1) is 24.6. The van der Waals surface area contributed by atoms with Gasteiger partial charge in [-0.05, 0) is 53.6 Å². The summed E-state index contributed by atoms with van der Waals surface area (Å²) in [6.45, 7) is 0.679. The monoisotopic (exact) mass is 515 g/mol. The molecule has 3 aromatic carbocycles. The van der Waals surface area contributed by atoms with E-state index in [1.165, 1.54) is 0 Å². The van der Waals surface area contributed by atoms with E-state index in [-0.39, 0.29) is 25.0 Å². The molecule has 4 aromatic rings. The van der Waals surface area contributed by atoms with Crippen LogP contribution in [0.3, 0.4) is 0 Å². The predicted molar refractivity (Wildman–Crippen MR) is 142 cm³/mol. The molecule has 8 heteroatoms. The van der Waals surface area contributed by atoms with Crippen LogP contribution in [-0.2, 0) is 17.9 Å². The fourth-order valence-corrected chi connectivity index (χ4v) is 4.53. The molecule has 1 unspecified atom stereocenters. The lowest BCUT2D eigenvalue weighted by molar-refractivity contribution is -0.120. The van der Waals surface area contributed by atoms with Gasteiger partial charge in [-0.15, -0.1) is 0 Å². The topological polar surface area (TPSA) is 83.8 Å². The minimum absolute atomic E-state index is 0.0899. The van der Waals surface area contributed by atoms with Gasteiger partial charge in [0.25, 0.3) is 11.8 Å². The van der Waals surface area contributed by atoms with E-state index >= 15 is 0 Å². The Labute approximate surface area is 219 Å². The van der Waals surface area contributed by atoms with E-state index in [0.717, 1.165) is 22.5 Å². The van der Waals surface area contributed by atoms with E-state index in [1.54, 1.807) is 35.2 Å². The molecule has 1 aromatic heterocycles. The fraction of sp³-hybridized carbons (Fsp3) is 0.172. The van der Waals surface area contributed by atoms with Crippen LogP contribution in [0.5, 0.6) is 5.75 Å². The smallest absolute Gasteiger partial charge is 0.268 e. The number of amides is 2. The highest BCUT2D eigenvalue weighted by Gasteiger charge is 2.27. The molecule has 37 heavy (non-hydrogen) atoms. The van der Waals surface area contributed by atoms with Crippen molar-refractivity contribution in [1.82, 2.24) is 9.88 Å². The maximum atomic E-state index is 13.3. The van der Waals surface area contributed by atoms with Gasteiger partial charge in [-0.25, -0.2) is 0 Å². The van der Waals surface area contributed by atoms with Crippen LogP contribution in [0.15, 0.2) is 91.0 Å². The zero-order valence-electron chi connectivity index (χ0n) is 20.0. The molecule has 2 heterocycles. The number of aliphatic hydroxyl groups excluding tert-OH is 1. The van der Waals surface area contributed by atoms with E-state index in [9.17, 15) is 14.7 Å². The first-order chi connectivity index (χ1) is 18.0. The largest absolute Gasteiger partial charge is 0.484 e. The van der Waals surface area contributed by atoms with Gasteiger partial charge in [-0.3, -0.25) is 9.59 Å². The number of aromatic nitrogens is 1. The second-order valence-electron chi connectivity index (χ2n) is 8.78. The van der Waals surface area contributed by atoms with Crippen molar-refractivity contribution in [3.05, 3.63) is 119 Å². The van der Waals surface area contributed by atoms with Crippen molar-refractivity contribution in [3.63, 3.8) is 0 Å². The van der Waals surface area contributed by atoms with Gasteiger partial charge >= 0.3 is 0 Å². The Kier molecular flexibility index (Phi) is 7.25. The number of hydrogen-bond donors (Lipinski definition) is 2. The number of carbonyl (C=O) groups excluding carboxylic acids is 2. The highest BCUT2D eigenvalue weighted by molar-refractivity contribution is 6.30. The minimum atomic E-state index is -0.807. The first-order valence-electron chi connectivity index (χ1n) is 12.0. The Morgan fingerprint density at radius 2 is 1.65 bits per heavy atom. The van der Waals surface area contributed by atoms with Crippen LogP contribution in [0, 0.1) is 0 Å². The molecule has 0 spiro atoms. The summed E-state index contributed by atoms with van der Waals surface area (Å²) in [5, 5.41) is 13.9. The summed E-state index contributed by atoms with van der Waals surface area (Å²) in [5.41, 5.74) is 3.72. The minimum Gasteiger partial charge on any atom is -0.484 e. The number of halogens is 1. The number of nitrogens with one attached hydrogen (secondary N) is 1. The maximum absolute atomic E-state index is 13.3. The molecule has 1 aliphatic heterocycles. The number of benzene rings is 3. The average molecular weight is 516 g/mol. The van der Waals surface area contributed by atoms with Crippen LogP contribution in [0.25, 0.3) is 0 Å². The normalized spacial score (nSPS) is 13.2. The Hall–Kier alpha value is -4.07. The number of carbonyl (C=O) groups is 2. The summed E-state index contributed by atoms with van der Waals surface area (Å²) in [6.07, 6.45) is -0.807. The van der Waals surface area contributed by atoms with Crippen LogP contribution in [0.4, 0.5) is 5.69 Å². The molecule has 7 nitrogen and oxygen atoms in total. The van der Waals surface area contributed by atoms with E-state index in [2.05, 4.69) is 5.32 Å². The maximum Gasteiger partial charge on any atom is 0.268 e. The summed E-state index contributed by atoms with van der Waals surface area (Å²) in [7, 11) is 0. The number of rotatable bonds is 7. The van der Waals surface area contributed by atoms with Gasteiger partial charge in [-0.2, -0.15) is 0 Å². The standard InChI is InChI=1S/C29H26ClN3O4/c30-22-10-13-24(14-11-22)37-19-28(35)33-18-23-12-15-26(32(23)17-21-8-4-5-9-25(21)33)29(36)31-16-27(34)20-6-2-1-3-7-20/h1-15,27,34H,16-19H2,(H,31,36). The van der Waals surface area contributed by atoms with Gasteiger partial charge in [0, 0.05) is 22.9 Å². The zero-order chi connectivity index (χ0) is 25.8. The molecule has 1 atom stereocenters. The number of ether oxygens (including phenoxy) is 1. The van der Waals surface area contributed by atoms with Crippen LogP contribution in [0.1, 0.15) is 33.4 Å². The van der Waals surface area contributed by atoms with E-state index in [4.69, 9.17) is 16.3 Å². The number of aliphatic hydroxyl groups is 1. The summed E-state index contributed by atoms with van der Waals surface area (Å²) < 4.78 is 7.62.